The zero-order valence-corrected chi connectivity index (χ0v) is 15.5. The van der Waals surface area contributed by atoms with Crippen molar-refractivity contribution in [2.75, 3.05) is 20.3 Å². The Morgan fingerprint density at radius 2 is 2.19 bits per heavy atom. The Bertz CT molecular complexity index is 721. The largest absolute Gasteiger partial charge is 0.386 e. The van der Waals surface area contributed by atoms with E-state index in [1.54, 1.807) is 7.11 Å². The van der Waals surface area contributed by atoms with E-state index < -0.39 is 6.10 Å². The van der Waals surface area contributed by atoms with Crippen molar-refractivity contribution in [1.29, 1.82) is 0 Å². The number of aliphatic hydroxyl groups excluding tert-OH is 1. The van der Waals surface area contributed by atoms with Crippen LogP contribution in [0.2, 0.25) is 0 Å². The maximum Gasteiger partial charge on any atom is 0.122 e. The first-order valence-corrected chi connectivity index (χ1v) is 9.70. The Kier molecular flexibility index (Phi) is 5.38. The van der Waals surface area contributed by atoms with Crippen molar-refractivity contribution in [2.45, 2.75) is 58.0 Å². The molecule has 1 aliphatic carbocycles. The number of nitrogens with zero attached hydrogens (tertiary/aromatic N) is 5. The molecule has 2 aliphatic rings. The molecule has 26 heavy (non-hydrogen) atoms. The SMILES string of the molecule is COCCn1ccnc1CN1CCCn2nc([C@@H](O)C3CCC3)cc2C1. The molecule has 1 N–H and O–H groups in total. The highest BCUT2D eigenvalue weighted by molar-refractivity contribution is 5.15. The van der Waals surface area contributed by atoms with E-state index in [-0.39, 0.29) is 0 Å². The van der Waals surface area contributed by atoms with Crippen LogP contribution in [-0.2, 0) is 30.9 Å². The van der Waals surface area contributed by atoms with Gasteiger partial charge in [-0.05, 0) is 31.2 Å². The molecule has 0 spiro atoms. The summed E-state index contributed by atoms with van der Waals surface area (Å²) in [7, 11) is 1.72. The fraction of sp³-hybridized carbons (Fsp3) is 0.684. The van der Waals surface area contributed by atoms with Gasteiger partial charge < -0.3 is 14.4 Å². The molecule has 0 unspecified atom stereocenters. The second-order valence-electron chi connectivity index (χ2n) is 7.51. The Morgan fingerprint density at radius 1 is 1.31 bits per heavy atom. The van der Waals surface area contributed by atoms with Gasteiger partial charge in [0.1, 0.15) is 11.9 Å². The summed E-state index contributed by atoms with van der Waals surface area (Å²) in [6.07, 6.45) is 8.03. The zero-order valence-electron chi connectivity index (χ0n) is 15.5. The van der Waals surface area contributed by atoms with Crippen LogP contribution < -0.4 is 0 Å². The predicted molar refractivity (Wildman–Crippen MR) is 97.4 cm³/mol. The second kappa shape index (κ2) is 7.90. The Morgan fingerprint density at radius 3 is 2.96 bits per heavy atom. The Balaban J connectivity index is 1.44. The first kappa shape index (κ1) is 17.7. The standard InChI is InChI=1S/C19H29N5O2/c1-26-11-10-23-9-6-20-18(23)14-22-7-3-8-24-16(13-22)12-17(21-24)19(25)15-4-2-5-15/h6,9,12,15,19,25H,2-5,7-8,10-11,13-14H2,1H3/t19-/m0/s1. The first-order chi connectivity index (χ1) is 12.7. The molecule has 7 nitrogen and oxygen atoms in total. The van der Waals surface area contributed by atoms with E-state index in [1.807, 2.05) is 12.4 Å². The molecule has 1 saturated carbocycles. The fourth-order valence-corrected chi connectivity index (χ4v) is 3.91. The summed E-state index contributed by atoms with van der Waals surface area (Å²) in [5.41, 5.74) is 2.05. The average Bonchev–Trinajstić information content (AvgIpc) is 3.14. The Labute approximate surface area is 154 Å². The molecule has 1 fully saturated rings. The van der Waals surface area contributed by atoms with E-state index in [0.717, 1.165) is 63.5 Å². The van der Waals surface area contributed by atoms with Crippen LogP contribution in [0, 0.1) is 5.92 Å². The molecular formula is C19H29N5O2. The van der Waals surface area contributed by atoms with Crippen LogP contribution in [0.1, 0.15) is 49.0 Å². The topological polar surface area (TPSA) is 68.3 Å². The van der Waals surface area contributed by atoms with E-state index in [2.05, 4.69) is 25.2 Å². The number of rotatable bonds is 7. The summed E-state index contributed by atoms with van der Waals surface area (Å²) in [5.74, 6) is 1.48. The fourth-order valence-electron chi connectivity index (χ4n) is 3.91. The minimum absolute atomic E-state index is 0.399. The maximum atomic E-state index is 10.5. The maximum absolute atomic E-state index is 10.5. The first-order valence-electron chi connectivity index (χ1n) is 9.70. The molecule has 0 aromatic carbocycles. The van der Waals surface area contributed by atoms with Gasteiger partial charge in [-0.1, -0.05) is 6.42 Å². The van der Waals surface area contributed by atoms with Gasteiger partial charge >= 0.3 is 0 Å². The number of methoxy groups -OCH3 is 1. The number of aromatic nitrogens is 4. The quantitative estimate of drug-likeness (QED) is 0.819. The lowest BCUT2D eigenvalue weighted by Crippen LogP contribution is -2.25. The van der Waals surface area contributed by atoms with Crippen LogP contribution in [0.5, 0.6) is 0 Å². The van der Waals surface area contributed by atoms with E-state index in [1.165, 1.54) is 12.1 Å². The monoisotopic (exact) mass is 359 g/mol. The van der Waals surface area contributed by atoms with Crippen molar-refractivity contribution in [3.8, 4) is 0 Å². The lowest BCUT2D eigenvalue weighted by Gasteiger charge is -2.29. The van der Waals surface area contributed by atoms with Crippen molar-refractivity contribution in [3.05, 3.63) is 35.7 Å². The van der Waals surface area contributed by atoms with Gasteiger partial charge in [-0.25, -0.2) is 4.98 Å². The molecule has 2 aromatic rings. The van der Waals surface area contributed by atoms with E-state index >= 15 is 0 Å². The van der Waals surface area contributed by atoms with E-state index in [4.69, 9.17) is 9.84 Å². The van der Waals surface area contributed by atoms with Crippen molar-refractivity contribution >= 4 is 0 Å². The molecule has 1 aliphatic heterocycles. The van der Waals surface area contributed by atoms with Crippen molar-refractivity contribution in [1.82, 2.24) is 24.2 Å². The molecule has 0 saturated heterocycles. The van der Waals surface area contributed by atoms with Gasteiger partial charge in [-0.3, -0.25) is 9.58 Å². The van der Waals surface area contributed by atoms with Gasteiger partial charge in [0.15, 0.2) is 0 Å². The summed E-state index contributed by atoms with van der Waals surface area (Å²) < 4.78 is 9.44. The number of imidazole rings is 1. The minimum Gasteiger partial charge on any atom is -0.386 e. The molecule has 7 heteroatoms. The van der Waals surface area contributed by atoms with E-state index in [0.29, 0.717) is 12.5 Å². The number of hydrogen-bond donors (Lipinski definition) is 1. The van der Waals surface area contributed by atoms with Crippen molar-refractivity contribution in [3.63, 3.8) is 0 Å². The number of aliphatic hydroxyl groups is 1. The third kappa shape index (κ3) is 3.70. The number of aryl methyl sites for hydroxylation is 1. The van der Waals surface area contributed by atoms with Crippen LogP contribution in [-0.4, -0.2) is 49.6 Å². The Hall–Kier alpha value is -1.70. The molecule has 2 aromatic heterocycles. The van der Waals surface area contributed by atoms with Crippen LogP contribution in [0.15, 0.2) is 18.5 Å². The number of fused-ring (bicyclic) bond motifs is 1. The van der Waals surface area contributed by atoms with Crippen molar-refractivity contribution < 1.29 is 9.84 Å². The van der Waals surface area contributed by atoms with Crippen molar-refractivity contribution in [2.24, 2.45) is 5.92 Å². The van der Waals surface area contributed by atoms with Gasteiger partial charge in [0, 0.05) is 45.7 Å². The third-order valence-corrected chi connectivity index (χ3v) is 5.71. The molecule has 4 rings (SSSR count). The van der Waals surface area contributed by atoms with Gasteiger partial charge in [0.05, 0.1) is 24.5 Å². The highest BCUT2D eigenvalue weighted by Gasteiger charge is 2.29. The van der Waals surface area contributed by atoms with Crippen LogP contribution >= 0.6 is 0 Å². The normalized spacial score (nSPS) is 19.8. The summed E-state index contributed by atoms with van der Waals surface area (Å²) in [4.78, 5) is 6.95. The zero-order chi connectivity index (χ0) is 17.9. The molecule has 3 heterocycles. The molecule has 0 amide bonds. The van der Waals surface area contributed by atoms with Gasteiger partial charge in [-0.2, -0.15) is 5.10 Å². The lowest BCUT2D eigenvalue weighted by molar-refractivity contribution is 0.0581. The summed E-state index contributed by atoms with van der Waals surface area (Å²) in [6.45, 7) is 5.14. The summed E-state index contributed by atoms with van der Waals surface area (Å²) >= 11 is 0. The molecule has 1 atom stereocenters. The van der Waals surface area contributed by atoms with Crippen LogP contribution in [0.25, 0.3) is 0 Å². The molecular weight excluding hydrogens is 330 g/mol. The van der Waals surface area contributed by atoms with Crippen LogP contribution in [0.3, 0.4) is 0 Å². The summed E-state index contributed by atoms with van der Waals surface area (Å²) in [6, 6.07) is 2.11. The van der Waals surface area contributed by atoms with E-state index in [9.17, 15) is 5.11 Å². The second-order valence-corrected chi connectivity index (χ2v) is 7.51. The predicted octanol–water partition coefficient (Wildman–Crippen LogP) is 1.97. The average molecular weight is 359 g/mol. The minimum atomic E-state index is -0.399. The molecule has 0 bridgehead atoms. The smallest absolute Gasteiger partial charge is 0.122 e. The lowest BCUT2D eigenvalue weighted by atomic mass is 9.80. The molecule has 0 radical (unpaired) electrons. The van der Waals surface area contributed by atoms with Gasteiger partial charge in [0.25, 0.3) is 0 Å². The summed E-state index contributed by atoms with van der Waals surface area (Å²) in [5, 5.41) is 15.2. The highest BCUT2D eigenvalue weighted by atomic mass is 16.5. The van der Waals surface area contributed by atoms with Gasteiger partial charge in [-0.15, -0.1) is 0 Å². The molecule has 142 valence electrons. The number of hydrogen-bond acceptors (Lipinski definition) is 5. The number of ether oxygens (including phenoxy) is 1. The highest BCUT2D eigenvalue weighted by Crippen LogP contribution is 2.37. The van der Waals surface area contributed by atoms with Crippen LogP contribution in [0.4, 0.5) is 0 Å². The third-order valence-electron chi connectivity index (χ3n) is 5.71. The van der Waals surface area contributed by atoms with Gasteiger partial charge in [0.2, 0.25) is 0 Å².